The molecule has 0 radical (unpaired) electrons. The highest BCUT2D eigenvalue weighted by Gasteiger charge is 2.45. The average molecular weight is 1200 g/mol. The Morgan fingerprint density at radius 2 is 1.56 bits per heavy atom. The highest BCUT2D eigenvalue weighted by Crippen LogP contribution is 2.43. The Hall–Kier alpha value is -6.89. The molecule has 20 nitrogen and oxygen atoms in total. The Labute approximate surface area is 497 Å². The van der Waals surface area contributed by atoms with E-state index < -0.39 is 41.2 Å². The number of hydrogen-bond donors (Lipinski definition) is 4. The van der Waals surface area contributed by atoms with Crippen molar-refractivity contribution in [3.05, 3.63) is 107 Å². The van der Waals surface area contributed by atoms with Crippen LogP contribution in [-0.4, -0.2) is 194 Å². The van der Waals surface area contributed by atoms with Gasteiger partial charge in [0.2, 0.25) is 23.6 Å². The van der Waals surface area contributed by atoms with Gasteiger partial charge in [-0.05, 0) is 78.0 Å². The average Bonchev–Trinajstić information content (AvgIpc) is 1.61. The van der Waals surface area contributed by atoms with Gasteiger partial charge in [0.25, 0.3) is 0 Å². The first kappa shape index (κ1) is 63.1. The molecular formula is C61H75ClFN9O11S. The van der Waals surface area contributed by atoms with Crippen LogP contribution in [0.4, 0.5) is 10.2 Å². The van der Waals surface area contributed by atoms with E-state index in [9.17, 15) is 29.4 Å². The van der Waals surface area contributed by atoms with Crippen LogP contribution in [-0.2, 0) is 38.1 Å². The number of phenols is 1. The van der Waals surface area contributed by atoms with Gasteiger partial charge >= 0.3 is 6.01 Å². The third-order valence-electron chi connectivity index (χ3n) is 14.8. The number of fused-ring (bicyclic) bond motifs is 2. The largest absolute Gasteiger partial charge is 0.508 e. The number of aryl methyl sites for hydroxylation is 1. The fourth-order valence-electron chi connectivity index (χ4n) is 10.1. The molecule has 4 amide bonds. The zero-order valence-electron chi connectivity index (χ0n) is 48.4. The summed E-state index contributed by atoms with van der Waals surface area (Å²) in [7, 11) is 1.92. The number of β-amino-alcohol motifs (C(OH)–C–C–N with tert-alkyl or cyclic N) is 1. The summed E-state index contributed by atoms with van der Waals surface area (Å²) in [6.45, 7) is 17.5. The van der Waals surface area contributed by atoms with E-state index in [4.69, 9.17) is 40.3 Å². The second-order valence-electron chi connectivity index (χ2n) is 21.9. The summed E-state index contributed by atoms with van der Waals surface area (Å²) in [5.41, 5.74) is 4.46. The van der Waals surface area contributed by atoms with Crippen LogP contribution >= 0.6 is 22.9 Å². The summed E-state index contributed by atoms with van der Waals surface area (Å²) >= 11 is 8.45. The highest BCUT2D eigenvalue weighted by atomic mass is 35.5. The Morgan fingerprint density at radius 3 is 2.23 bits per heavy atom. The third kappa shape index (κ3) is 16.1. The van der Waals surface area contributed by atoms with E-state index >= 15 is 4.39 Å². The van der Waals surface area contributed by atoms with Crippen LogP contribution in [0.3, 0.4) is 0 Å². The number of ether oxygens (including phenoxy) is 5. The van der Waals surface area contributed by atoms with E-state index in [1.807, 2.05) is 106 Å². The molecule has 23 heteroatoms. The second kappa shape index (κ2) is 29.3. The van der Waals surface area contributed by atoms with Crippen molar-refractivity contribution in [3.63, 3.8) is 0 Å². The van der Waals surface area contributed by atoms with Gasteiger partial charge in [0.15, 0.2) is 5.82 Å². The van der Waals surface area contributed by atoms with E-state index in [1.54, 1.807) is 28.4 Å². The maximum Gasteiger partial charge on any atom is 0.319 e. The maximum absolute atomic E-state index is 17.0. The number of carbonyl (C=O) groups excluding carboxylic acids is 4. The van der Waals surface area contributed by atoms with Gasteiger partial charge in [-0.15, -0.1) is 11.3 Å². The predicted molar refractivity (Wildman–Crippen MR) is 321 cm³/mol. The number of nitrogens with one attached hydrogen (secondary N) is 2. The summed E-state index contributed by atoms with van der Waals surface area (Å²) in [6.07, 6.45) is 0.456. The van der Waals surface area contributed by atoms with Gasteiger partial charge in [0, 0.05) is 63.2 Å². The van der Waals surface area contributed by atoms with Crippen LogP contribution in [0.25, 0.3) is 43.2 Å². The summed E-state index contributed by atoms with van der Waals surface area (Å²) in [4.78, 5) is 74.9. The summed E-state index contributed by atoms with van der Waals surface area (Å²) in [5.74, 6) is -1.83. The van der Waals surface area contributed by atoms with Gasteiger partial charge in [-0.2, -0.15) is 9.97 Å². The number of piperazine rings is 1. The minimum absolute atomic E-state index is 0.00306. The summed E-state index contributed by atoms with van der Waals surface area (Å²) in [6, 6.07) is 17.6. The van der Waals surface area contributed by atoms with E-state index in [0.29, 0.717) is 99.8 Å². The van der Waals surface area contributed by atoms with Crippen molar-refractivity contribution in [3.8, 4) is 33.3 Å². The van der Waals surface area contributed by atoms with Gasteiger partial charge in [-0.25, -0.2) is 9.37 Å². The highest BCUT2D eigenvalue weighted by molar-refractivity contribution is 7.13. The number of likely N-dealkylation sites (N-methyl/N-ethyl adjacent to an activating group) is 1. The van der Waals surface area contributed by atoms with Crippen molar-refractivity contribution >= 4 is 74.1 Å². The number of nitrogens with zero attached hydrogens (tertiary/aromatic N) is 7. The SMILES string of the molecule is C=CC(=O)N1CCN(c2nc(OCCN(C)CCOCCOCCOCCOCC(=O)NC(C(=O)N3C[C@H](O)C[C@H]3C(=O)NC(C)c3ccc(-c4scnc4C)cc3)C(C)(C)C)nc3c(F)c(-c4cc(O)cc5ccccc45)c(Cl)cc23)CC1. The molecule has 8 rings (SSSR count). The Balaban J connectivity index is 0.716. The van der Waals surface area contributed by atoms with E-state index in [0.717, 1.165) is 21.7 Å². The number of aromatic hydroxyl groups is 1. The minimum Gasteiger partial charge on any atom is -0.508 e. The lowest BCUT2D eigenvalue weighted by Gasteiger charge is -2.35. The van der Waals surface area contributed by atoms with Gasteiger partial charge < -0.3 is 64.1 Å². The summed E-state index contributed by atoms with van der Waals surface area (Å²) < 4.78 is 45.7. The number of halogens is 2. The predicted octanol–water partition coefficient (Wildman–Crippen LogP) is 6.96. The van der Waals surface area contributed by atoms with Crippen molar-refractivity contribution < 1.29 is 57.5 Å². The normalized spacial score (nSPS) is 16.3. The quantitative estimate of drug-likeness (QED) is 0.0302. The van der Waals surface area contributed by atoms with Crippen LogP contribution in [0.2, 0.25) is 5.02 Å². The Bertz CT molecular complexity index is 3270. The van der Waals surface area contributed by atoms with Crippen LogP contribution in [0.1, 0.15) is 51.4 Å². The molecule has 2 unspecified atom stereocenters. The molecule has 2 saturated heterocycles. The monoisotopic (exact) mass is 1200 g/mol. The van der Waals surface area contributed by atoms with E-state index in [1.165, 1.54) is 17.0 Å². The van der Waals surface area contributed by atoms with Crippen molar-refractivity contribution in [1.29, 1.82) is 0 Å². The molecule has 0 saturated carbocycles. The van der Waals surface area contributed by atoms with Gasteiger partial charge in [0.1, 0.15) is 42.4 Å². The number of carbonyl (C=O) groups is 4. The zero-order chi connectivity index (χ0) is 60.1. The second-order valence-corrected chi connectivity index (χ2v) is 23.2. The lowest BCUT2D eigenvalue weighted by atomic mass is 9.85. The number of phenolic OH excluding ortho intramolecular Hbond substituents is 1. The molecule has 4 atom stereocenters. The number of anilines is 1. The smallest absolute Gasteiger partial charge is 0.319 e. The first-order chi connectivity index (χ1) is 40.3. The first-order valence-corrected chi connectivity index (χ1v) is 29.4. The molecule has 0 spiro atoms. The number of rotatable bonds is 27. The molecule has 4 aromatic carbocycles. The van der Waals surface area contributed by atoms with Gasteiger partial charge in [-0.1, -0.05) is 87.5 Å². The van der Waals surface area contributed by atoms with Crippen LogP contribution < -0.4 is 20.3 Å². The van der Waals surface area contributed by atoms with Crippen LogP contribution in [0.15, 0.2) is 84.9 Å². The molecule has 450 valence electrons. The van der Waals surface area contributed by atoms with Gasteiger partial charge in [0.05, 0.1) is 79.5 Å². The summed E-state index contributed by atoms with van der Waals surface area (Å²) in [5, 5.41) is 29.0. The molecule has 2 fully saturated rings. The van der Waals surface area contributed by atoms with Crippen LogP contribution in [0, 0.1) is 18.2 Å². The molecule has 2 aliphatic heterocycles. The number of aromatic nitrogens is 3. The number of amides is 4. The number of benzene rings is 4. The molecule has 4 heterocycles. The Kier molecular flexibility index (Phi) is 22.0. The zero-order valence-corrected chi connectivity index (χ0v) is 50.0. The fourth-order valence-corrected chi connectivity index (χ4v) is 11.3. The van der Waals surface area contributed by atoms with Crippen LogP contribution in [0.5, 0.6) is 11.8 Å². The molecule has 6 aromatic rings. The number of aliphatic hydroxyl groups excluding tert-OH is 1. The topological polar surface area (TPSA) is 231 Å². The molecule has 4 N–H and O–H groups in total. The first-order valence-electron chi connectivity index (χ1n) is 28.1. The number of hydrogen-bond acceptors (Lipinski definition) is 17. The van der Waals surface area contributed by atoms with Crippen molar-refractivity contribution in [2.45, 2.75) is 65.3 Å². The van der Waals surface area contributed by atoms with Gasteiger partial charge in [-0.3, -0.25) is 19.2 Å². The third-order valence-corrected chi connectivity index (χ3v) is 16.0. The lowest BCUT2D eigenvalue weighted by molar-refractivity contribution is -0.144. The molecule has 0 aliphatic carbocycles. The minimum atomic E-state index is -0.996. The number of likely N-dealkylation sites (tertiary alicyclic amines) is 1. The van der Waals surface area contributed by atoms with E-state index in [-0.39, 0.29) is 85.1 Å². The molecule has 2 aliphatic rings. The lowest BCUT2D eigenvalue weighted by Crippen LogP contribution is -2.58. The Morgan fingerprint density at radius 1 is 0.893 bits per heavy atom. The molecule has 2 aromatic heterocycles. The molecule has 84 heavy (non-hydrogen) atoms. The molecular weight excluding hydrogens is 1120 g/mol. The molecule has 0 bridgehead atoms. The number of aliphatic hydroxyl groups is 1. The van der Waals surface area contributed by atoms with E-state index in [2.05, 4.69) is 27.2 Å². The maximum atomic E-state index is 17.0. The number of thiazole rings is 1. The van der Waals surface area contributed by atoms with Crippen molar-refractivity contribution in [2.24, 2.45) is 5.41 Å². The van der Waals surface area contributed by atoms with Crippen molar-refractivity contribution in [2.75, 3.05) is 117 Å². The van der Waals surface area contributed by atoms with Crippen molar-refractivity contribution in [1.82, 2.24) is 40.3 Å². The standard InChI is InChI=1S/C61H75ClFN9O11S/c1-8-51(76)70-17-19-71(20-18-70)57-47-34-48(62)52(46-32-43(73)31-42-11-9-10-12-45(42)46)53(63)54(47)67-60(68-57)83-24-22-69(7)21-23-79-25-26-80-27-28-81-29-30-82-36-50(75)66-56(61(4,5)6)59(78)72-35-44(74)33-49(72)58(77)65-38(2)40-13-15-41(16-14-40)55-39(3)64-37-84-55/h8-16,31-32,34,37-38,44,49,56,73-74H,1,17-30,33,35-36H2,2-7H3,(H,65,77)(H,66,75)/t38?,44-,49+,56?/m1/s1. The fraction of sp³-hybridized carbons (Fsp3) is 0.459.